The number of hydrogen-bond donors (Lipinski definition) is 3. The largest absolute Gasteiger partial charge is 0.395 e. The normalized spacial score (nSPS) is 11.5. The van der Waals surface area contributed by atoms with E-state index in [9.17, 15) is 18.8 Å². The number of nitrogens with one attached hydrogen (secondary N) is 1. The summed E-state index contributed by atoms with van der Waals surface area (Å²) in [5.74, 6) is -2.52. The number of carbonyl (C=O) groups is 3. The highest BCUT2D eigenvalue weighted by atomic mass is 32.1. The van der Waals surface area contributed by atoms with E-state index in [1.165, 1.54) is 29.2 Å². The second kappa shape index (κ2) is 10.8. The lowest BCUT2D eigenvalue weighted by Crippen LogP contribution is -2.44. The number of nitrogen functional groups attached to an aromatic ring is 1. The van der Waals surface area contributed by atoms with Crippen LogP contribution in [-0.4, -0.2) is 22.1 Å². The molecule has 0 radical (unpaired) electrons. The molecular formula is C26H22FN5O3S. The number of amides is 3. The van der Waals surface area contributed by atoms with Crippen molar-refractivity contribution in [3.8, 4) is 0 Å². The molecule has 5 N–H and O–H groups in total. The van der Waals surface area contributed by atoms with Gasteiger partial charge >= 0.3 is 0 Å². The van der Waals surface area contributed by atoms with Gasteiger partial charge in [0.05, 0.1) is 5.69 Å². The Bertz CT molecular complexity index is 1380. The second-order valence-corrected chi connectivity index (χ2v) is 8.58. The standard InChI is InChI=1S/C26H22FN5O3S/c27-18-13-11-17(12-14-18)22(25(34)30-15-16-7-3-1-4-8-16)32(19-9-5-2-6-10-19)26(35)23-20(28)21(24(29)33)31-36-23/h1-14,22H,15,28H2,(H2,29,33)(H,30,34). The van der Waals surface area contributed by atoms with Gasteiger partial charge in [0.2, 0.25) is 5.91 Å². The predicted octanol–water partition coefficient (Wildman–Crippen LogP) is 3.67. The van der Waals surface area contributed by atoms with Gasteiger partial charge in [-0.05, 0) is 46.9 Å². The fraction of sp³-hybridized carbons (Fsp3) is 0.0769. The average molecular weight is 504 g/mol. The highest BCUT2D eigenvalue weighted by Gasteiger charge is 2.36. The summed E-state index contributed by atoms with van der Waals surface area (Å²) in [7, 11) is 0. The zero-order chi connectivity index (χ0) is 25.7. The third kappa shape index (κ3) is 5.23. The Morgan fingerprint density at radius 2 is 1.56 bits per heavy atom. The molecule has 0 bridgehead atoms. The summed E-state index contributed by atoms with van der Waals surface area (Å²) < 4.78 is 17.7. The van der Waals surface area contributed by atoms with Gasteiger partial charge in [0, 0.05) is 12.2 Å². The van der Waals surface area contributed by atoms with Gasteiger partial charge in [0.25, 0.3) is 11.8 Å². The van der Waals surface area contributed by atoms with Crippen molar-refractivity contribution in [2.24, 2.45) is 5.73 Å². The number of aromatic nitrogens is 1. The molecule has 0 aliphatic heterocycles. The molecule has 0 fully saturated rings. The van der Waals surface area contributed by atoms with Crippen LogP contribution in [-0.2, 0) is 11.3 Å². The summed E-state index contributed by atoms with van der Waals surface area (Å²) in [5, 5.41) is 2.86. The van der Waals surface area contributed by atoms with Crippen molar-refractivity contribution in [2.75, 3.05) is 10.6 Å². The van der Waals surface area contributed by atoms with Crippen LogP contribution in [0, 0.1) is 5.82 Å². The quantitative estimate of drug-likeness (QED) is 0.338. The van der Waals surface area contributed by atoms with Gasteiger partial charge in [-0.15, -0.1) is 0 Å². The number of hydrogen-bond acceptors (Lipinski definition) is 6. The minimum Gasteiger partial charge on any atom is -0.395 e. The monoisotopic (exact) mass is 503 g/mol. The van der Waals surface area contributed by atoms with E-state index in [1.54, 1.807) is 30.3 Å². The molecule has 10 heteroatoms. The molecule has 0 saturated carbocycles. The lowest BCUT2D eigenvalue weighted by Gasteiger charge is -2.31. The Labute approximate surface area is 210 Å². The molecule has 1 aromatic heterocycles. The molecule has 0 spiro atoms. The smallest absolute Gasteiger partial charge is 0.273 e. The number of primary amides is 1. The van der Waals surface area contributed by atoms with Gasteiger partial charge in [-0.25, -0.2) is 4.39 Å². The summed E-state index contributed by atoms with van der Waals surface area (Å²) in [6.07, 6.45) is 0. The first-order valence-electron chi connectivity index (χ1n) is 10.9. The molecule has 36 heavy (non-hydrogen) atoms. The average Bonchev–Trinajstić information content (AvgIpc) is 3.29. The van der Waals surface area contributed by atoms with Crippen LogP contribution < -0.4 is 21.7 Å². The van der Waals surface area contributed by atoms with Crippen molar-refractivity contribution in [3.05, 3.63) is 112 Å². The van der Waals surface area contributed by atoms with Crippen LogP contribution in [0.4, 0.5) is 15.8 Å². The molecule has 0 saturated heterocycles. The lowest BCUT2D eigenvalue weighted by atomic mass is 10.0. The summed E-state index contributed by atoms with van der Waals surface area (Å²) in [6, 6.07) is 21.9. The lowest BCUT2D eigenvalue weighted by molar-refractivity contribution is -0.122. The molecule has 1 heterocycles. The maximum absolute atomic E-state index is 13.9. The fourth-order valence-electron chi connectivity index (χ4n) is 3.66. The number of halogens is 1. The Morgan fingerprint density at radius 3 is 2.14 bits per heavy atom. The minimum atomic E-state index is -1.19. The van der Waals surface area contributed by atoms with Crippen LogP contribution >= 0.6 is 11.5 Å². The molecule has 1 unspecified atom stereocenters. The topological polar surface area (TPSA) is 131 Å². The zero-order valence-corrected chi connectivity index (χ0v) is 19.7. The molecule has 0 aliphatic carbocycles. The van der Waals surface area contributed by atoms with Crippen LogP contribution in [0.15, 0.2) is 84.9 Å². The van der Waals surface area contributed by atoms with E-state index in [0.29, 0.717) is 22.8 Å². The molecule has 182 valence electrons. The van der Waals surface area contributed by atoms with E-state index in [4.69, 9.17) is 11.5 Å². The first kappa shape index (κ1) is 24.6. The van der Waals surface area contributed by atoms with E-state index < -0.39 is 29.6 Å². The van der Waals surface area contributed by atoms with Crippen LogP contribution in [0.2, 0.25) is 0 Å². The molecule has 4 aromatic rings. The van der Waals surface area contributed by atoms with Gasteiger partial charge in [0.15, 0.2) is 5.69 Å². The maximum atomic E-state index is 13.9. The highest BCUT2D eigenvalue weighted by molar-refractivity contribution is 7.09. The van der Waals surface area contributed by atoms with Crippen molar-refractivity contribution in [1.82, 2.24) is 9.69 Å². The molecule has 8 nitrogen and oxygen atoms in total. The van der Waals surface area contributed by atoms with Gasteiger partial charge in [-0.1, -0.05) is 60.7 Å². The number of para-hydroxylation sites is 1. The van der Waals surface area contributed by atoms with Crippen molar-refractivity contribution in [2.45, 2.75) is 12.6 Å². The van der Waals surface area contributed by atoms with Crippen molar-refractivity contribution < 1.29 is 18.8 Å². The third-order valence-electron chi connectivity index (χ3n) is 5.41. The molecule has 4 rings (SSSR count). The van der Waals surface area contributed by atoms with Crippen molar-refractivity contribution in [1.29, 1.82) is 0 Å². The van der Waals surface area contributed by atoms with Crippen molar-refractivity contribution >= 4 is 40.6 Å². The van der Waals surface area contributed by atoms with E-state index in [1.807, 2.05) is 30.3 Å². The Hall–Kier alpha value is -4.57. The van der Waals surface area contributed by atoms with E-state index >= 15 is 0 Å². The number of anilines is 2. The summed E-state index contributed by atoms with van der Waals surface area (Å²) in [6.45, 7) is 0.211. The number of nitrogens with zero attached hydrogens (tertiary/aromatic N) is 2. The SMILES string of the molecule is NC(=O)c1nsc(C(=O)N(c2ccccc2)C(C(=O)NCc2ccccc2)c2ccc(F)cc2)c1N. The predicted molar refractivity (Wildman–Crippen MR) is 136 cm³/mol. The number of rotatable bonds is 8. The summed E-state index contributed by atoms with van der Waals surface area (Å²) in [4.78, 5) is 40.4. The van der Waals surface area contributed by atoms with Crippen molar-refractivity contribution in [3.63, 3.8) is 0 Å². The van der Waals surface area contributed by atoms with E-state index in [2.05, 4.69) is 9.69 Å². The Kier molecular flexibility index (Phi) is 7.36. The third-order valence-corrected chi connectivity index (χ3v) is 6.26. The summed E-state index contributed by atoms with van der Waals surface area (Å²) >= 11 is 0.714. The van der Waals surface area contributed by atoms with E-state index in [-0.39, 0.29) is 22.8 Å². The molecule has 3 amide bonds. The Morgan fingerprint density at radius 1 is 0.944 bits per heavy atom. The second-order valence-electron chi connectivity index (χ2n) is 7.81. The molecule has 1 atom stereocenters. The molecular weight excluding hydrogens is 481 g/mol. The Balaban J connectivity index is 1.80. The number of carbonyl (C=O) groups excluding carboxylic acids is 3. The van der Waals surface area contributed by atoms with Crippen LogP contribution in [0.3, 0.4) is 0 Å². The van der Waals surface area contributed by atoms with Gasteiger partial charge in [-0.2, -0.15) is 4.37 Å². The molecule has 3 aromatic carbocycles. The van der Waals surface area contributed by atoms with Crippen LogP contribution in [0.5, 0.6) is 0 Å². The fourth-order valence-corrected chi connectivity index (χ4v) is 4.40. The van der Waals surface area contributed by atoms with E-state index in [0.717, 1.165) is 5.56 Å². The maximum Gasteiger partial charge on any atom is 0.273 e. The number of nitrogens with two attached hydrogens (primary N) is 2. The first-order chi connectivity index (χ1) is 17.4. The summed E-state index contributed by atoms with van der Waals surface area (Å²) in [5.41, 5.74) is 12.6. The van der Waals surface area contributed by atoms with Gasteiger partial charge < -0.3 is 16.8 Å². The number of benzene rings is 3. The minimum absolute atomic E-state index is 0.0457. The van der Waals surface area contributed by atoms with Gasteiger partial charge in [-0.3, -0.25) is 19.3 Å². The van der Waals surface area contributed by atoms with Gasteiger partial charge in [0.1, 0.15) is 16.7 Å². The molecule has 0 aliphatic rings. The van der Waals surface area contributed by atoms with Crippen LogP contribution in [0.25, 0.3) is 0 Å². The van der Waals surface area contributed by atoms with Crippen LogP contribution in [0.1, 0.15) is 37.3 Å². The first-order valence-corrected chi connectivity index (χ1v) is 11.6. The highest BCUT2D eigenvalue weighted by Crippen LogP contribution is 2.33. The zero-order valence-electron chi connectivity index (χ0n) is 18.9.